The second-order valence-corrected chi connectivity index (χ2v) is 9.49. The number of alkyl halides is 5. The van der Waals surface area contributed by atoms with E-state index in [1.54, 1.807) is 49.4 Å². The summed E-state index contributed by atoms with van der Waals surface area (Å²) < 4.78 is 39.5. The number of benzene rings is 3. The molecule has 0 radical (unpaired) electrons. The molecular weight excluding hydrogens is 550 g/mol. The summed E-state index contributed by atoms with van der Waals surface area (Å²) in [6.45, 7) is 3.11. The third kappa shape index (κ3) is 7.46. The highest BCUT2D eigenvalue weighted by Crippen LogP contribution is 2.33. The van der Waals surface area contributed by atoms with Gasteiger partial charge in [0.2, 0.25) is 0 Å². The lowest BCUT2D eigenvalue weighted by molar-refractivity contribution is -0.137. The summed E-state index contributed by atoms with van der Waals surface area (Å²) in [6.07, 6.45) is -4.45. The zero-order valence-corrected chi connectivity index (χ0v) is 22.5. The molecule has 0 aliphatic heterocycles. The van der Waals surface area contributed by atoms with Crippen molar-refractivity contribution in [2.75, 3.05) is 45.7 Å². The van der Waals surface area contributed by atoms with E-state index >= 15 is 0 Å². The first-order chi connectivity index (χ1) is 18.7. The predicted molar refractivity (Wildman–Crippen MR) is 154 cm³/mol. The fraction of sp³-hybridized carbons (Fsp3) is 0.214. The number of hydrogen-bond donors (Lipinski definition) is 3. The van der Waals surface area contributed by atoms with Gasteiger partial charge in [-0.15, -0.1) is 23.2 Å². The number of carbonyl (C=O) groups is 1. The number of carbonyl (C=O) groups excluding carboxylic acids is 1. The average molecular weight is 576 g/mol. The third-order valence-electron chi connectivity index (χ3n) is 5.86. The van der Waals surface area contributed by atoms with Crippen LogP contribution in [0.5, 0.6) is 0 Å². The SMILES string of the molecule is Cc1cc(Nc2cccc(C(F)(F)F)c2)c2cc(NC(=O)Nc3ccc(N(CCCl)CCCl)cc3)ccc2n1. The van der Waals surface area contributed by atoms with Crippen LogP contribution in [0.15, 0.2) is 72.8 Å². The standard InChI is InChI=1S/C28H26Cl2F3N5O/c1-18-15-26(35-21-4-2-3-19(16-21)28(31,32)33)24-17-22(7-10-25(24)34-18)37-27(39)36-20-5-8-23(9-6-20)38(13-11-29)14-12-30/h2-10,15-17H,11-14H2,1H3,(H,34,35)(H2,36,37,39). The second kappa shape index (κ2) is 12.4. The number of nitrogens with one attached hydrogen (secondary N) is 3. The fourth-order valence-corrected chi connectivity index (χ4v) is 4.50. The van der Waals surface area contributed by atoms with Crippen molar-refractivity contribution in [3.05, 3.63) is 84.1 Å². The number of rotatable bonds is 9. The fourth-order valence-electron chi connectivity index (χ4n) is 4.09. The van der Waals surface area contributed by atoms with E-state index in [1.165, 1.54) is 6.07 Å². The Labute approximate surface area is 234 Å². The summed E-state index contributed by atoms with van der Waals surface area (Å²) >= 11 is 11.8. The maximum Gasteiger partial charge on any atom is 0.416 e. The van der Waals surface area contributed by atoms with Crippen LogP contribution in [0.1, 0.15) is 11.3 Å². The molecular formula is C28H26Cl2F3N5O. The van der Waals surface area contributed by atoms with Crippen molar-refractivity contribution >= 4 is 68.6 Å². The topological polar surface area (TPSA) is 69.3 Å². The molecule has 6 nitrogen and oxygen atoms in total. The minimum Gasteiger partial charge on any atom is -0.369 e. The van der Waals surface area contributed by atoms with Gasteiger partial charge in [-0.05, 0) is 73.7 Å². The lowest BCUT2D eigenvalue weighted by atomic mass is 10.1. The Bertz CT molecular complexity index is 1440. The molecule has 0 bridgehead atoms. The first-order valence-corrected chi connectivity index (χ1v) is 13.1. The van der Waals surface area contributed by atoms with E-state index in [0.717, 1.165) is 17.8 Å². The Kier molecular flexibility index (Phi) is 9.04. The molecule has 0 unspecified atom stereocenters. The number of fused-ring (bicyclic) bond motifs is 1. The molecule has 204 valence electrons. The van der Waals surface area contributed by atoms with E-state index in [-0.39, 0.29) is 5.69 Å². The summed E-state index contributed by atoms with van der Waals surface area (Å²) in [5.74, 6) is 0.939. The van der Waals surface area contributed by atoms with Crippen LogP contribution < -0.4 is 20.9 Å². The highest BCUT2D eigenvalue weighted by Gasteiger charge is 2.30. The number of aryl methyl sites for hydroxylation is 1. The molecule has 3 N–H and O–H groups in total. The summed E-state index contributed by atoms with van der Waals surface area (Å²) in [5, 5.41) is 9.29. The monoisotopic (exact) mass is 575 g/mol. The van der Waals surface area contributed by atoms with Gasteiger partial charge in [0, 0.05) is 64.4 Å². The van der Waals surface area contributed by atoms with Crippen molar-refractivity contribution in [2.24, 2.45) is 0 Å². The van der Waals surface area contributed by atoms with Gasteiger partial charge in [-0.25, -0.2) is 4.79 Å². The molecule has 2 amide bonds. The predicted octanol–water partition coefficient (Wildman–Crippen LogP) is 8.23. The highest BCUT2D eigenvalue weighted by molar-refractivity contribution is 6.18. The smallest absolute Gasteiger partial charge is 0.369 e. The molecule has 0 saturated carbocycles. The van der Waals surface area contributed by atoms with Gasteiger partial charge in [0.05, 0.1) is 11.1 Å². The Hall–Kier alpha value is -3.69. The van der Waals surface area contributed by atoms with Crippen molar-refractivity contribution in [3.8, 4) is 0 Å². The van der Waals surface area contributed by atoms with Gasteiger partial charge in [-0.1, -0.05) is 6.07 Å². The van der Waals surface area contributed by atoms with Gasteiger partial charge in [-0.3, -0.25) is 4.98 Å². The number of hydrogen-bond acceptors (Lipinski definition) is 4. The van der Waals surface area contributed by atoms with Crippen molar-refractivity contribution < 1.29 is 18.0 Å². The Balaban J connectivity index is 1.51. The number of pyridine rings is 1. The van der Waals surface area contributed by atoms with Crippen LogP contribution in [0, 0.1) is 6.92 Å². The molecule has 11 heteroatoms. The molecule has 39 heavy (non-hydrogen) atoms. The Morgan fingerprint density at radius 1 is 0.872 bits per heavy atom. The zero-order chi connectivity index (χ0) is 28.0. The van der Waals surface area contributed by atoms with Gasteiger partial charge in [0.1, 0.15) is 0 Å². The van der Waals surface area contributed by atoms with Crippen molar-refractivity contribution in [1.82, 2.24) is 4.98 Å². The molecule has 0 atom stereocenters. The van der Waals surface area contributed by atoms with Crippen LogP contribution in [0.2, 0.25) is 0 Å². The largest absolute Gasteiger partial charge is 0.416 e. The first-order valence-electron chi connectivity index (χ1n) is 12.1. The van der Waals surface area contributed by atoms with Crippen LogP contribution >= 0.6 is 23.2 Å². The van der Waals surface area contributed by atoms with Crippen molar-refractivity contribution in [1.29, 1.82) is 0 Å². The maximum absolute atomic E-state index is 13.2. The first kappa shape index (κ1) is 28.3. The third-order valence-corrected chi connectivity index (χ3v) is 6.20. The highest BCUT2D eigenvalue weighted by atomic mass is 35.5. The summed E-state index contributed by atoms with van der Waals surface area (Å²) in [5.41, 5.74) is 3.45. The van der Waals surface area contributed by atoms with Gasteiger partial charge in [-0.2, -0.15) is 13.2 Å². The molecule has 3 aromatic carbocycles. The summed E-state index contributed by atoms with van der Waals surface area (Å²) in [4.78, 5) is 19.3. The lowest BCUT2D eigenvalue weighted by Crippen LogP contribution is -2.27. The van der Waals surface area contributed by atoms with E-state index in [2.05, 4.69) is 25.8 Å². The normalized spacial score (nSPS) is 11.3. The molecule has 1 heterocycles. The number of nitrogens with zero attached hydrogens (tertiary/aromatic N) is 2. The second-order valence-electron chi connectivity index (χ2n) is 8.74. The van der Waals surface area contributed by atoms with Crippen molar-refractivity contribution in [2.45, 2.75) is 13.1 Å². The molecule has 0 aliphatic rings. The number of halogens is 5. The van der Waals surface area contributed by atoms with E-state index in [9.17, 15) is 18.0 Å². The van der Waals surface area contributed by atoms with E-state index in [4.69, 9.17) is 23.2 Å². The zero-order valence-electron chi connectivity index (χ0n) is 20.9. The van der Waals surface area contributed by atoms with Crippen LogP contribution in [-0.4, -0.2) is 35.9 Å². The molecule has 4 aromatic rings. The van der Waals surface area contributed by atoms with Gasteiger partial charge >= 0.3 is 12.2 Å². The molecule has 0 aliphatic carbocycles. The van der Waals surface area contributed by atoms with Crippen LogP contribution in [-0.2, 0) is 6.18 Å². The molecule has 4 rings (SSSR count). The van der Waals surface area contributed by atoms with Crippen LogP contribution in [0.4, 0.5) is 46.4 Å². The van der Waals surface area contributed by atoms with Gasteiger partial charge in [0.15, 0.2) is 0 Å². The Morgan fingerprint density at radius 2 is 1.54 bits per heavy atom. The molecule has 0 spiro atoms. The minimum absolute atomic E-state index is 0.284. The minimum atomic E-state index is -4.45. The lowest BCUT2D eigenvalue weighted by Gasteiger charge is -2.23. The number of aromatic nitrogens is 1. The quantitative estimate of drug-likeness (QED) is 0.176. The number of urea groups is 1. The molecule has 0 fully saturated rings. The number of anilines is 5. The van der Waals surface area contributed by atoms with Gasteiger partial charge in [0.25, 0.3) is 0 Å². The maximum atomic E-state index is 13.2. The number of amides is 2. The van der Waals surface area contributed by atoms with Crippen LogP contribution in [0.25, 0.3) is 10.9 Å². The summed E-state index contributed by atoms with van der Waals surface area (Å²) in [7, 11) is 0. The van der Waals surface area contributed by atoms with Crippen LogP contribution in [0.3, 0.4) is 0 Å². The van der Waals surface area contributed by atoms with Crippen molar-refractivity contribution in [3.63, 3.8) is 0 Å². The molecule has 1 aromatic heterocycles. The van der Waals surface area contributed by atoms with E-state index in [0.29, 0.717) is 58.5 Å². The molecule has 0 saturated heterocycles. The average Bonchev–Trinajstić information content (AvgIpc) is 2.89. The Morgan fingerprint density at radius 3 is 2.21 bits per heavy atom. The summed E-state index contributed by atoms with van der Waals surface area (Å²) in [6, 6.07) is 18.8. The van der Waals surface area contributed by atoms with E-state index < -0.39 is 17.8 Å². The van der Waals surface area contributed by atoms with Gasteiger partial charge < -0.3 is 20.9 Å². The van der Waals surface area contributed by atoms with E-state index in [1.807, 2.05) is 12.1 Å².